The number of benzene rings is 2. The molecule has 0 aliphatic carbocycles. The van der Waals surface area contributed by atoms with E-state index in [0.29, 0.717) is 23.3 Å². The quantitative estimate of drug-likeness (QED) is 0.455. The number of para-hydroxylation sites is 1. The van der Waals surface area contributed by atoms with E-state index in [9.17, 15) is 4.79 Å². The predicted molar refractivity (Wildman–Crippen MR) is 105 cm³/mol. The second kappa shape index (κ2) is 8.73. The highest BCUT2D eigenvalue weighted by atomic mass is 32.2. The molecular weight excluding hydrogens is 362 g/mol. The molecule has 0 aliphatic rings. The van der Waals surface area contributed by atoms with Gasteiger partial charge in [-0.3, -0.25) is 9.36 Å². The molecule has 0 radical (unpaired) electrons. The zero-order valence-corrected chi connectivity index (χ0v) is 16.3. The highest BCUT2D eigenvalue weighted by Gasteiger charge is 2.20. The first-order chi connectivity index (χ1) is 13.1. The van der Waals surface area contributed by atoms with E-state index in [0.717, 1.165) is 16.8 Å². The SMILES string of the molecule is CCOC(=O)CSc1nnc(-c2ccccc2OC)n1-c1cccc(C)c1. The van der Waals surface area contributed by atoms with Crippen molar-refractivity contribution in [2.75, 3.05) is 19.5 Å². The Balaban J connectivity index is 2.07. The van der Waals surface area contributed by atoms with Crippen LogP contribution in [0.4, 0.5) is 0 Å². The number of methoxy groups -OCH3 is 1. The van der Waals surface area contributed by atoms with Gasteiger partial charge >= 0.3 is 5.97 Å². The van der Waals surface area contributed by atoms with Gasteiger partial charge in [0, 0.05) is 5.69 Å². The summed E-state index contributed by atoms with van der Waals surface area (Å²) in [6.45, 7) is 4.18. The first-order valence-corrected chi connectivity index (χ1v) is 9.57. The van der Waals surface area contributed by atoms with Gasteiger partial charge in [-0.1, -0.05) is 36.0 Å². The van der Waals surface area contributed by atoms with Crippen LogP contribution in [0.3, 0.4) is 0 Å². The fourth-order valence-electron chi connectivity index (χ4n) is 2.69. The summed E-state index contributed by atoms with van der Waals surface area (Å²) in [5.41, 5.74) is 2.87. The lowest BCUT2D eigenvalue weighted by atomic mass is 10.1. The van der Waals surface area contributed by atoms with E-state index >= 15 is 0 Å². The molecule has 27 heavy (non-hydrogen) atoms. The molecule has 6 nitrogen and oxygen atoms in total. The van der Waals surface area contributed by atoms with Crippen LogP contribution in [0.5, 0.6) is 5.75 Å². The van der Waals surface area contributed by atoms with Gasteiger partial charge in [0.15, 0.2) is 11.0 Å². The van der Waals surface area contributed by atoms with Crippen molar-refractivity contribution in [1.82, 2.24) is 14.8 Å². The highest BCUT2D eigenvalue weighted by molar-refractivity contribution is 7.99. The monoisotopic (exact) mass is 383 g/mol. The molecule has 7 heteroatoms. The third-order valence-corrected chi connectivity index (χ3v) is 4.77. The van der Waals surface area contributed by atoms with Crippen LogP contribution in [0.1, 0.15) is 12.5 Å². The standard InChI is InChI=1S/C20H21N3O3S/c1-4-26-18(24)13-27-20-22-21-19(16-10-5-6-11-17(16)25-3)23(20)15-9-7-8-14(2)12-15/h5-12H,4,13H2,1-3H3. The molecule has 140 valence electrons. The summed E-state index contributed by atoms with van der Waals surface area (Å²) in [4.78, 5) is 11.8. The topological polar surface area (TPSA) is 66.2 Å². The molecule has 0 saturated heterocycles. The Morgan fingerprint density at radius 2 is 1.96 bits per heavy atom. The third-order valence-electron chi connectivity index (χ3n) is 3.87. The van der Waals surface area contributed by atoms with Crippen LogP contribution < -0.4 is 4.74 Å². The summed E-state index contributed by atoms with van der Waals surface area (Å²) in [6, 6.07) is 15.7. The van der Waals surface area contributed by atoms with E-state index < -0.39 is 0 Å². The predicted octanol–water partition coefficient (Wildman–Crippen LogP) is 3.91. The van der Waals surface area contributed by atoms with E-state index in [2.05, 4.69) is 16.3 Å². The number of carbonyl (C=O) groups is 1. The Morgan fingerprint density at radius 3 is 2.70 bits per heavy atom. The lowest BCUT2D eigenvalue weighted by Gasteiger charge is -2.13. The summed E-state index contributed by atoms with van der Waals surface area (Å²) in [5, 5.41) is 9.32. The number of hydrogen-bond acceptors (Lipinski definition) is 6. The molecule has 1 heterocycles. The lowest BCUT2D eigenvalue weighted by Crippen LogP contribution is -2.08. The molecule has 0 unspecified atom stereocenters. The molecule has 3 rings (SSSR count). The number of rotatable bonds is 7. The molecule has 2 aromatic carbocycles. The fourth-order valence-corrected chi connectivity index (χ4v) is 3.44. The summed E-state index contributed by atoms with van der Waals surface area (Å²) in [6.07, 6.45) is 0. The summed E-state index contributed by atoms with van der Waals surface area (Å²) >= 11 is 1.30. The van der Waals surface area contributed by atoms with Crippen molar-refractivity contribution >= 4 is 17.7 Å². The maximum atomic E-state index is 11.8. The number of ether oxygens (including phenoxy) is 2. The number of hydrogen-bond donors (Lipinski definition) is 0. The average molecular weight is 383 g/mol. The first kappa shape index (κ1) is 19.0. The largest absolute Gasteiger partial charge is 0.496 e. The zero-order valence-electron chi connectivity index (χ0n) is 15.5. The number of carbonyl (C=O) groups excluding carboxylic acids is 1. The van der Waals surface area contributed by atoms with Gasteiger partial charge < -0.3 is 9.47 Å². The van der Waals surface area contributed by atoms with Crippen LogP contribution in [0.25, 0.3) is 17.1 Å². The van der Waals surface area contributed by atoms with Gasteiger partial charge in [0.2, 0.25) is 0 Å². The highest BCUT2D eigenvalue weighted by Crippen LogP contribution is 2.33. The molecule has 0 fully saturated rings. The fraction of sp³-hybridized carbons (Fsp3) is 0.250. The summed E-state index contributed by atoms with van der Waals surface area (Å²) in [7, 11) is 1.63. The van der Waals surface area contributed by atoms with E-state index in [1.54, 1.807) is 14.0 Å². The Bertz CT molecular complexity index is 940. The van der Waals surface area contributed by atoms with Crippen molar-refractivity contribution in [2.45, 2.75) is 19.0 Å². The minimum Gasteiger partial charge on any atom is -0.496 e. The van der Waals surface area contributed by atoms with Crippen molar-refractivity contribution < 1.29 is 14.3 Å². The van der Waals surface area contributed by atoms with Crippen molar-refractivity contribution in [3.05, 3.63) is 54.1 Å². The van der Waals surface area contributed by atoms with Gasteiger partial charge in [0.05, 0.1) is 25.0 Å². The van der Waals surface area contributed by atoms with E-state index in [1.165, 1.54) is 11.8 Å². The van der Waals surface area contributed by atoms with Crippen molar-refractivity contribution in [3.63, 3.8) is 0 Å². The Hall–Kier alpha value is -2.80. The molecular formula is C20H21N3O3S. The van der Waals surface area contributed by atoms with E-state index in [1.807, 2.05) is 54.0 Å². The molecule has 3 aromatic rings. The third kappa shape index (κ3) is 4.31. The zero-order chi connectivity index (χ0) is 19.2. The van der Waals surface area contributed by atoms with E-state index in [-0.39, 0.29) is 11.7 Å². The smallest absolute Gasteiger partial charge is 0.316 e. The van der Waals surface area contributed by atoms with Gasteiger partial charge in [-0.05, 0) is 43.7 Å². The number of aromatic nitrogens is 3. The Labute approximate surface area is 162 Å². The number of aryl methyl sites for hydroxylation is 1. The van der Waals surface area contributed by atoms with Gasteiger partial charge in [-0.25, -0.2) is 0 Å². The maximum Gasteiger partial charge on any atom is 0.316 e. The van der Waals surface area contributed by atoms with Gasteiger partial charge in [-0.15, -0.1) is 10.2 Å². The Morgan fingerprint density at radius 1 is 1.15 bits per heavy atom. The van der Waals surface area contributed by atoms with Crippen molar-refractivity contribution in [1.29, 1.82) is 0 Å². The van der Waals surface area contributed by atoms with Gasteiger partial charge in [0.1, 0.15) is 5.75 Å². The normalized spacial score (nSPS) is 10.6. The van der Waals surface area contributed by atoms with E-state index in [4.69, 9.17) is 9.47 Å². The van der Waals surface area contributed by atoms with Crippen LogP contribution in [0, 0.1) is 6.92 Å². The van der Waals surface area contributed by atoms with Crippen molar-refractivity contribution in [3.8, 4) is 22.8 Å². The van der Waals surface area contributed by atoms with Crippen molar-refractivity contribution in [2.24, 2.45) is 0 Å². The number of nitrogens with zero attached hydrogens (tertiary/aromatic N) is 3. The molecule has 0 spiro atoms. The second-order valence-corrected chi connectivity index (χ2v) is 6.72. The molecule has 0 aliphatic heterocycles. The summed E-state index contributed by atoms with van der Waals surface area (Å²) in [5.74, 6) is 1.26. The lowest BCUT2D eigenvalue weighted by molar-refractivity contribution is -0.139. The van der Waals surface area contributed by atoms with Gasteiger partial charge in [-0.2, -0.15) is 0 Å². The van der Waals surface area contributed by atoms with Crippen LogP contribution >= 0.6 is 11.8 Å². The molecule has 1 aromatic heterocycles. The van der Waals surface area contributed by atoms with Crippen LogP contribution in [-0.4, -0.2) is 40.2 Å². The molecule has 0 atom stereocenters. The van der Waals surface area contributed by atoms with Crippen LogP contribution in [-0.2, 0) is 9.53 Å². The maximum absolute atomic E-state index is 11.8. The first-order valence-electron chi connectivity index (χ1n) is 8.58. The second-order valence-electron chi connectivity index (χ2n) is 5.77. The average Bonchev–Trinajstić information content (AvgIpc) is 3.10. The van der Waals surface area contributed by atoms with Gasteiger partial charge in [0.25, 0.3) is 0 Å². The minimum atomic E-state index is -0.278. The van der Waals surface area contributed by atoms with Crippen LogP contribution in [0.15, 0.2) is 53.7 Å². The molecule has 0 amide bonds. The molecule has 0 N–H and O–H groups in total. The number of esters is 1. The van der Waals surface area contributed by atoms with Crippen LogP contribution in [0.2, 0.25) is 0 Å². The minimum absolute atomic E-state index is 0.170. The molecule has 0 bridgehead atoms. The summed E-state index contributed by atoms with van der Waals surface area (Å²) < 4.78 is 12.4. The Kier molecular flexibility index (Phi) is 6.13. The number of thioether (sulfide) groups is 1. The molecule has 0 saturated carbocycles.